The number of nitrogens with zero attached hydrogens (tertiary/aromatic N) is 7. The standard InChI is InChI=1S/C21H20ClN7O3S/c1-32-17-6-8-18(9-7-17)33(30,31)28-12-10-27(11-13-28)20-19-21(24-14-23-20)29(26-25-19)16-4-2-15(22)3-5-16/h2-9,14H,10-13H2,1H3. The van der Waals surface area contributed by atoms with Crippen LogP contribution in [0, 0.1) is 0 Å². The molecular weight excluding hydrogens is 466 g/mol. The van der Waals surface area contributed by atoms with Crippen molar-refractivity contribution in [1.82, 2.24) is 29.3 Å². The highest BCUT2D eigenvalue weighted by molar-refractivity contribution is 7.89. The average molecular weight is 486 g/mol. The van der Waals surface area contributed by atoms with E-state index in [1.807, 2.05) is 17.0 Å². The van der Waals surface area contributed by atoms with Gasteiger partial charge in [0.25, 0.3) is 0 Å². The van der Waals surface area contributed by atoms with E-state index < -0.39 is 10.0 Å². The second kappa shape index (κ2) is 8.58. The maximum absolute atomic E-state index is 13.0. The Morgan fingerprint density at radius 2 is 1.64 bits per heavy atom. The van der Waals surface area contributed by atoms with Crippen LogP contribution in [0.1, 0.15) is 0 Å². The van der Waals surface area contributed by atoms with Crippen LogP contribution in [-0.4, -0.2) is 71.0 Å². The Morgan fingerprint density at radius 3 is 2.30 bits per heavy atom. The van der Waals surface area contributed by atoms with Crippen LogP contribution < -0.4 is 9.64 Å². The van der Waals surface area contributed by atoms with Gasteiger partial charge >= 0.3 is 0 Å². The lowest BCUT2D eigenvalue weighted by Crippen LogP contribution is -2.49. The van der Waals surface area contributed by atoms with Crippen LogP contribution in [0.15, 0.2) is 59.8 Å². The summed E-state index contributed by atoms with van der Waals surface area (Å²) in [5, 5.41) is 9.16. The molecule has 12 heteroatoms. The van der Waals surface area contributed by atoms with E-state index in [9.17, 15) is 8.42 Å². The Balaban J connectivity index is 1.37. The predicted octanol–water partition coefficient (Wildman–Crippen LogP) is 2.38. The van der Waals surface area contributed by atoms with E-state index in [0.29, 0.717) is 53.9 Å². The molecule has 0 amide bonds. The number of sulfonamides is 1. The number of anilines is 1. The number of rotatable bonds is 5. The van der Waals surface area contributed by atoms with Crippen molar-refractivity contribution in [2.24, 2.45) is 0 Å². The van der Waals surface area contributed by atoms with Crippen LogP contribution in [0.4, 0.5) is 5.82 Å². The van der Waals surface area contributed by atoms with E-state index in [0.717, 1.165) is 5.69 Å². The summed E-state index contributed by atoms with van der Waals surface area (Å²) >= 11 is 5.98. The molecule has 0 aliphatic carbocycles. The first-order chi connectivity index (χ1) is 16.0. The molecule has 1 saturated heterocycles. The molecule has 2 aromatic carbocycles. The Kier molecular flexibility index (Phi) is 5.60. The van der Waals surface area contributed by atoms with Gasteiger partial charge in [0.05, 0.1) is 17.7 Å². The molecule has 5 rings (SSSR count). The zero-order chi connectivity index (χ0) is 23.0. The van der Waals surface area contributed by atoms with Gasteiger partial charge in [-0.25, -0.2) is 18.4 Å². The Hall–Kier alpha value is -3.28. The lowest BCUT2D eigenvalue weighted by molar-refractivity contribution is 0.384. The zero-order valence-corrected chi connectivity index (χ0v) is 19.2. The lowest BCUT2D eigenvalue weighted by Gasteiger charge is -2.34. The number of hydrogen-bond donors (Lipinski definition) is 0. The van der Waals surface area contributed by atoms with Crippen molar-refractivity contribution < 1.29 is 13.2 Å². The zero-order valence-electron chi connectivity index (χ0n) is 17.7. The number of halogens is 1. The molecule has 0 saturated carbocycles. The molecule has 0 bridgehead atoms. The Labute approximate surface area is 195 Å². The van der Waals surface area contributed by atoms with Crippen molar-refractivity contribution in [3.63, 3.8) is 0 Å². The largest absolute Gasteiger partial charge is 0.497 e. The van der Waals surface area contributed by atoms with Crippen LogP contribution in [0.3, 0.4) is 0 Å². The van der Waals surface area contributed by atoms with Gasteiger partial charge < -0.3 is 9.64 Å². The van der Waals surface area contributed by atoms with Crippen molar-refractivity contribution in [3.8, 4) is 11.4 Å². The van der Waals surface area contributed by atoms with Crippen molar-refractivity contribution in [3.05, 3.63) is 59.9 Å². The molecule has 0 unspecified atom stereocenters. The number of piperazine rings is 1. The van der Waals surface area contributed by atoms with Crippen LogP contribution in [0.5, 0.6) is 5.75 Å². The molecule has 1 aliphatic heterocycles. The van der Waals surface area contributed by atoms with Gasteiger partial charge in [0.1, 0.15) is 12.1 Å². The first kappa shape index (κ1) is 21.6. The van der Waals surface area contributed by atoms with Crippen molar-refractivity contribution >= 4 is 38.6 Å². The second-order valence-electron chi connectivity index (χ2n) is 7.41. The summed E-state index contributed by atoms with van der Waals surface area (Å²) in [6.45, 7) is 1.58. The van der Waals surface area contributed by atoms with Crippen molar-refractivity contribution in [1.29, 1.82) is 0 Å². The second-order valence-corrected chi connectivity index (χ2v) is 9.79. The number of ether oxygens (including phenoxy) is 1. The molecule has 4 aromatic rings. The van der Waals surface area contributed by atoms with Crippen LogP contribution in [0.2, 0.25) is 5.02 Å². The minimum atomic E-state index is -3.60. The maximum atomic E-state index is 13.0. The van der Waals surface area contributed by atoms with Crippen molar-refractivity contribution in [2.45, 2.75) is 4.90 Å². The van der Waals surface area contributed by atoms with Gasteiger partial charge in [-0.15, -0.1) is 5.10 Å². The van der Waals surface area contributed by atoms with Crippen molar-refractivity contribution in [2.75, 3.05) is 38.2 Å². The summed E-state index contributed by atoms with van der Waals surface area (Å²) in [7, 11) is -2.05. The fourth-order valence-corrected chi connectivity index (χ4v) is 5.31. The maximum Gasteiger partial charge on any atom is 0.243 e. The normalized spacial score (nSPS) is 15.2. The molecule has 3 heterocycles. The molecule has 10 nitrogen and oxygen atoms in total. The highest BCUT2D eigenvalue weighted by Crippen LogP contribution is 2.26. The SMILES string of the molecule is COc1ccc(S(=O)(=O)N2CCN(c3ncnc4c3nnn4-c3ccc(Cl)cc3)CC2)cc1. The number of aromatic nitrogens is 5. The third-order valence-electron chi connectivity index (χ3n) is 5.53. The van der Waals surface area contributed by atoms with E-state index in [4.69, 9.17) is 16.3 Å². The molecule has 1 fully saturated rings. The average Bonchev–Trinajstić information content (AvgIpc) is 3.29. The third kappa shape index (κ3) is 3.99. The fraction of sp³-hybridized carbons (Fsp3) is 0.238. The molecule has 33 heavy (non-hydrogen) atoms. The van der Waals surface area contributed by atoms with Gasteiger partial charge in [0.2, 0.25) is 10.0 Å². The number of hydrogen-bond acceptors (Lipinski definition) is 8. The van der Waals surface area contributed by atoms with Gasteiger partial charge in [-0.2, -0.15) is 8.99 Å². The first-order valence-corrected chi connectivity index (χ1v) is 12.0. The summed E-state index contributed by atoms with van der Waals surface area (Å²) in [5.41, 5.74) is 1.90. The minimum Gasteiger partial charge on any atom is -0.497 e. The first-order valence-electron chi connectivity index (χ1n) is 10.2. The van der Waals surface area contributed by atoms with Crippen LogP contribution >= 0.6 is 11.6 Å². The van der Waals surface area contributed by atoms with Gasteiger partial charge in [-0.1, -0.05) is 16.8 Å². The highest BCUT2D eigenvalue weighted by atomic mass is 35.5. The summed E-state index contributed by atoms with van der Waals surface area (Å²) in [4.78, 5) is 11.0. The Morgan fingerprint density at radius 1 is 0.939 bits per heavy atom. The predicted molar refractivity (Wildman–Crippen MR) is 123 cm³/mol. The number of methoxy groups -OCH3 is 1. The molecule has 2 aromatic heterocycles. The van der Waals surface area contributed by atoms with E-state index in [1.165, 1.54) is 10.6 Å². The number of benzene rings is 2. The highest BCUT2D eigenvalue weighted by Gasteiger charge is 2.30. The van der Waals surface area contributed by atoms with E-state index in [-0.39, 0.29) is 4.90 Å². The van der Waals surface area contributed by atoms with E-state index in [2.05, 4.69) is 20.3 Å². The molecule has 0 spiro atoms. The summed E-state index contributed by atoms with van der Waals surface area (Å²) in [5.74, 6) is 1.24. The number of fused-ring (bicyclic) bond motifs is 1. The molecule has 170 valence electrons. The monoisotopic (exact) mass is 485 g/mol. The fourth-order valence-electron chi connectivity index (χ4n) is 3.76. The quantitative estimate of drug-likeness (QED) is 0.424. The van der Waals surface area contributed by atoms with Gasteiger partial charge in [-0.3, -0.25) is 0 Å². The lowest BCUT2D eigenvalue weighted by atomic mass is 10.3. The van der Waals surface area contributed by atoms with E-state index in [1.54, 1.807) is 48.2 Å². The topological polar surface area (TPSA) is 106 Å². The minimum absolute atomic E-state index is 0.243. The van der Waals surface area contributed by atoms with Gasteiger partial charge in [0, 0.05) is 31.2 Å². The van der Waals surface area contributed by atoms with Gasteiger partial charge in [0.15, 0.2) is 17.0 Å². The van der Waals surface area contributed by atoms with Crippen LogP contribution in [-0.2, 0) is 10.0 Å². The van der Waals surface area contributed by atoms with E-state index >= 15 is 0 Å². The molecular formula is C21H20ClN7O3S. The summed E-state index contributed by atoms with van der Waals surface area (Å²) in [6, 6.07) is 13.6. The molecule has 1 aliphatic rings. The molecule has 0 atom stereocenters. The third-order valence-corrected chi connectivity index (χ3v) is 7.69. The molecule has 0 N–H and O–H groups in total. The van der Waals surface area contributed by atoms with Gasteiger partial charge in [-0.05, 0) is 48.5 Å². The smallest absolute Gasteiger partial charge is 0.243 e. The Bertz CT molecular complexity index is 1380. The summed E-state index contributed by atoms with van der Waals surface area (Å²) < 4.78 is 34.3. The molecule has 0 radical (unpaired) electrons. The summed E-state index contributed by atoms with van der Waals surface area (Å²) in [6.07, 6.45) is 1.47. The van der Waals surface area contributed by atoms with Crippen LogP contribution in [0.25, 0.3) is 16.9 Å².